The summed E-state index contributed by atoms with van der Waals surface area (Å²) < 4.78 is 0. The molecule has 128 valence electrons. The molecule has 1 aliphatic carbocycles. The molecule has 22 heavy (non-hydrogen) atoms. The molecule has 0 radical (unpaired) electrons. The second-order valence-corrected chi connectivity index (χ2v) is 10.9. The van der Waals surface area contributed by atoms with E-state index < -0.39 is 8.80 Å². The lowest BCUT2D eigenvalue weighted by Crippen LogP contribution is -2.21. The highest BCUT2D eigenvalue weighted by molar-refractivity contribution is 6.62. The molecule has 1 aliphatic rings. The van der Waals surface area contributed by atoms with Gasteiger partial charge in [-0.3, -0.25) is 0 Å². The molecule has 0 aromatic heterocycles. The van der Waals surface area contributed by atoms with Crippen LogP contribution in [0.2, 0.25) is 17.6 Å². The Labute approximate surface area is 142 Å². The molecule has 0 spiro atoms. The van der Waals surface area contributed by atoms with Crippen molar-refractivity contribution in [1.82, 2.24) is 0 Å². The van der Waals surface area contributed by atoms with Crippen LogP contribution in [0.4, 0.5) is 0 Å². The fraction of sp³-hybridized carbons (Fsp3) is 0.810. The normalized spacial score (nSPS) is 16.5. The first-order valence-corrected chi connectivity index (χ1v) is 12.2. The summed E-state index contributed by atoms with van der Waals surface area (Å²) in [4.78, 5) is 0. The average Bonchev–Trinajstić information content (AvgIpc) is 2.70. The maximum absolute atomic E-state index is 2.43. The molecular formula is C21H40Si. The van der Waals surface area contributed by atoms with Crippen LogP contribution in [0, 0.1) is 0 Å². The van der Waals surface area contributed by atoms with Crippen LogP contribution in [0.25, 0.3) is 0 Å². The summed E-state index contributed by atoms with van der Waals surface area (Å²) in [7, 11) is -0.680. The van der Waals surface area contributed by atoms with Crippen molar-refractivity contribution in [3.8, 4) is 0 Å². The minimum Gasteiger partial charge on any atom is -0.0660 e. The maximum Gasteiger partial charge on any atom is 0.0496 e. The summed E-state index contributed by atoms with van der Waals surface area (Å²) in [6.45, 7) is 14.2. The summed E-state index contributed by atoms with van der Waals surface area (Å²) in [6, 6.07) is 3.15. The first-order valence-electron chi connectivity index (χ1n) is 9.89. The lowest BCUT2D eigenvalue weighted by molar-refractivity contribution is 0.682. The second kappa shape index (κ2) is 10.5. The zero-order valence-corrected chi connectivity index (χ0v) is 17.4. The molecule has 0 unspecified atom stereocenters. The van der Waals surface area contributed by atoms with E-state index in [9.17, 15) is 0 Å². The van der Waals surface area contributed by atoms with E-state index in [4.69, 9.17) is 0 Å². The average molecular weight is 321 g/mol. The van der Waals surface area contributed by atoms with Gasteiger partial charge in [-0.1, -0.05) is 88.4 Å². The van der Waals surface area contributed by atoms with Crippen molar-refractivity contribution in [3.05, 3.63) is 22.3 Å². The van der Waals surface area contributed by atoms with E-state index >= 15 is 0 Å². The summed E-state index contributed by atoms with van der Waals surface area (Å²) in [5.41, 5.74) is 7.59. The maximum atomic E-state index is 2.43. The molecule has 0 saturated heterocycles. The van der Waals surface area contributed by atoms with Gasteiger partial charge in [0, 0.05) is 8.80 Å². The van der Waals surface area contributed by atoms with Crippen molar-refractivity contribution in [2.45, 2.75) is 111 Å². The van der Waals surface area contributed by atoms with Crippen molar-refractivity contribution in [1.29, 1.82) is 0 Å². The van der Waals surface area contributed by atoms with Crippen LogP contribution < -0.4 is 0 Å². The van der Waals surface area contributed by atoms with E-state index in [1.807, 2.05) is 0 Å². The van der Waals surface area contributed by atoms with Crippen molar-refractivity contribution in [2.75, 3.05) is 0 Å². The molecule has 1 heteroatoms. The predicted molar refractivity (Wildman–Crippen MR) is 106 cm³/mol. The van der Waals surface area contributed by atoms with Gasteiger partial charge in [-0.25, -0.2) is 0 Å². The minimum atomic E-state index is -0.680. The third-order valence-electron chi connectivity index (χ3n) is 6.01. The molecule has 0 nitrogen and oxygen atoms in total. The molecule has 0 aromatic rings. The fourth-order valence-corrected chi connectivity index (χ4v) is 8.73. The second-order valence-electron chi connectivity index (χ2n) is 7.55. The molecule has 0 saturated carbocycles. The van der Waals surface area contributed by atoms with Gasteiger partial charge < -0.3 is 0 Å². The first kappa shape index (κ1) is 19.7. The molecule has 0 N–H and O–H groups in total. The molecule has 0 heterocycles. The van der Waals surface area contributed by atoms with Gasteiger partial charge in [-0.2, -0.15) is 0 Å². The van der Waals surface area contributed by atoms with Gasteiger partial charge in [0.15, 0.2) is 0 Å². The van der Waals surface area contributed by atoms with Crippen molar-refractivity contribution in [2.24, 2.45) is 0 Å². The zero-order chi connectivity index (χ0) is 16.5. The molecular weight excluding hydrogens is 280 g/mol. The van der Waals surface area contributed by atoms with Crippen LogP contribution in [0.1, 0.15) is 92.9 Å². The summed E-state index contributed by atoms with van der Waals surface area (Å²) in [5.74, 6) is 0. The smallest absolute Gasteiger partial charge is 0.0496 e. The SMILES string of the molecule is CCCCCC[SiH](CCCCCC)C1C(C)=C(C)C(C)=C1C. The number of rotatable bonds is 11. The molecule has 0 bridgehead atoms. The number of hydrogen-bond donors (Lipinski definition) is 0. The van der Waals surface area contributed by atoms with E-state index in [1.165, 1.54) is 51.4 Å². The quantitative estimate of drug-likeness (QED) is 0.274. The highest BCUT2D eigenvalue weighted by Gasteiger charge is 2.31. The van der Waals surface area contributed by atoms with Gasteiger partial charge >= 0.3 is 0 Å². The van der Waals surface area contributed by atoms with E-state index in [2.05, 4.69) is 41.5 Å². The lowest BCUT2D eigenvalue weighted by Gasteiger charge is -2.26. The van der Waals surface area contributed by atoms with Gasteiger partial charge in [0.05, 0.1) is 0 Å². The molecule has 0 amide bonds. The predicted octanol–water partition coefficient (Wildman–Crippen LogP) is 7.43. The molecule has 0 aliphatic heterocycles. The lowest BCUT2D eigenvalue weighted by atomic mass is 10.1. The van der Waals surface area contributed by atoms with Crippen LogP contribution in [0.5, 0.6) is 0 Å². The van der Waals surface area contributed by atoms with Gasteiger partial charge in [0.2, 0.25) is 0 Å². The van der Waals surface area contributed by atoms with E-state index in [0.717, 1.165) is 5.54 Å². The largest absolute Gasteiger partial charge is 0.0660 e. The fourth-order valence-electron chi connectivity index (χ4n) is 4.23. The summed E-state index contributed by atoms with van der Waals surface area (Å²) in [6.07, 6.45) is 11.5. The Morgan fingerprint density at radius 2 is 1.05 bits per heavy atom. The number of hydrogen-bond acceptors (Lipinski definition) is 0. The Morgan fingerprint density at radius 1 is 0.636 bits per heavy atom. The van der Waals surface area contributed by atoms with E-state index in [-0.39, 0.29) is 0 Å². The van der Waals surface area contributed by atoms with Crippen LogP contribution >= 0.6 is 0 Å². The molecule has 0 aromatic carbocycles. The third kappa shape index (κ3) is 5.40. The summed E-state index contributed by atoms with van der Waals surface area (Å²) >= 11 is 0. The van der Waals surface area contributed by atoms with Crippen LogP contribution in [0.3, 0.4) is 0 Å². The molecule has 0 fully saturated rings. The highest BCUT2D eigenvalue weighted by Crippen LogP contribution is 2.45. The Kier molecular flexibility index (Phi) is 9.39. The zero-order valence-electron chi connectivity index (χ0n) is 16.2. The standard InChI is InChI=1S/C21H40Si/c1-7-9-11-13-15-22(16-14-12-10-8-2)21-19(5)17(3)18(4)20(21)6/h21-22H,7-16H2,1-6H3. The van der Waals surface area contributed by atoms with Crippen LogP contribution in [-0.4, -0.2) is 8.80 Å². The van der Waals surface area contributed by atoms with Gasteiger partial charge in [-0.05, 0) is 44.4 Å². The van der Waals surface area contributed by atoms with Gasteiger partial charge in [0.1, 0.15) is 0 Å². The Balaban J connectivity index is 2.68. The van der Waals surface area contributed by atoms with Crippen LogP contribution in [-0.2, 0) is 0 Å². The summed E-state index contributed by atoms with van der Waals surface area (Å²) in [5, 5.41) is 0. The molecule has 0 atom stereocenters. The van der Waals surface area contributed by atoms with Gasteiger partial charge in [0.25, 0.3) is 0 Å². The molecule has 1 rings (SSSR count). The number of unbranched alkanes of at least 4 members (excludes halogenated alkanes) is 6. The van der Waals surface area contributed by atoms with E-state index in [0.29, 0.717) is 0 Å². The first-order chi connectivity index (χ1) is 10.5. The van der Waals surface area contributed by atoms with Gasteiger partial charge in [-0.15, -0.1) is 0 Å². The number of allylic oxidation sites excluding steroid dienone is 4. The topological polar surface area (TPSA) is 0 Å². The van der Waals surface area contributed by atoms with E-state index in [1.54, 1.807) is 34.4 Å². The monoisotopic (exact) mass is 320 g/mol. The van der Waals surface area contributed by atoms with Crippen molar-refractivity contribution >= 4 is 8.80 Å². The third-order valence-corrected chi connectivity index (χ3v) is 10.2. The van der Waals surface area contributed by atoms with Crippen molar-refractivity contribution in [3.63, 3.8) is 0 Å². The van der Waals surface area contributed by atoms with Crippen molar-refractivity contribution < 1.29 is 0 Å². The minimum absolute atomic E-state index is 0.680. The van der Waals surface area contributed by atoms with Crippen LogP contribution in [0.15, 0.2) is 22.3 Å². The Bertz CT molecular complexity index is 353. The highest BCUT2D eigenvalue weighted by atomic mass is 28.3. The Hall–Kier alpha value is -0.303. The Morgan fingerprint density at radius 3 is 1.41 bits per heavy atom.